The Labute approximate surface area is 165 Å². The van der Waals surface area contributed by atoms with Gasteiger partial charge in [0.05, 0.1) is 6.42 Å². The first-order chi connectivity index (χ1) is 13.0. The Hall–Kier alpha value is -2.41. The first-order valence-corrected chi connectivity index (χ1v) is 9.80. The molecule has 1 aliphatic heterocycles. The van der Waals surface area contributed by atoms with Gasteiger partial charge in [-0.1, -0.05) is 40.9 Å². The van der Waals surface area contributed by atoms with E-state index in [0.717, 1.165) is 33.0 Å². The van der Waals surface area contributed by atoms with Gasteiger partial charge in [0.1, 0.15) is 11.3 Å². The fraction of sp³-hybridized carbons (Fsp3) is 0.350. The first kappa shape index (κ1) is 18.0. The van der Waals surface area contributed by atoms with Crippen LogP contribution in [0, 0.1) is 0 Å². The summed E-state index contributed by atoms with van der Waals surface area (Å²) in [6.07, 6.45) is 3.17. The summed E-state index contributed by atoms with van der Waals surface area (Å²) in [6, 6.07) is 10.8. The van der Waals surface area contributed by atoms with Crippen LogP contribution in [-0.2, 0) is 9.59 Å². The van der Waals surface area contributed by atoms with E-state index in [4.69, 9.17) is 4.74 Å². The molecule has 1 saturated heterocycles. The predicted octanol–water partition coefficient (Wildman–Crippen LogP) is 3.76. The van der Waals surface area contributed by atoms with Gasteiger partial charge in [-0.15, -0.1) is 0 Å². The summed E-state index contributed by atoms with van der Waals surface area (Å²) in [5.74, 6) is -0.243. The molecule has 0 radical (unpaired) electrons. The molecule has 1 heterocycles. The maximum Gasteiger partial charge on any atom is 0.325 e. The molecule has 3 amide bonds. The summed E-state index contributed by atoms with van der Waals surface area (Å²) in [6.45, 7) is 0.0335. The number of rotatable bonds is 4. The Bertz CT molecular complexity index is 937. The molecule has 2 fully saturated rings. The molecule has 1 N–H and O–H groups in total. The number of amides is 3. The average Bonchev–Trinajstić information content (AvgIpc) is 3.19. The minimum Gasteiger partial charge on any atom is -0.426 e. The van der Waals surface area contributed by atoms with Crippen molar-refractivity contribution in [2.24, 2.45) is 0 Å². The van der Waals surface area contributed by atoms with Gasteiger partial charge >= 0.3 is 12.0 Å². The molecule has 1 saturated carbocycles. The Morgan fingerprint density at radius 3 is 2.59 bits per heavy atom. The molecule has 7 heteroatoms. The van der Waals surface area contributed by atoms with Gasteiger partial charge in [0.2, 0.25) is 0 Å². The third-order valence-electron chi connectivity index (χ3n) is 5.25. The third kappa shape index (κ3) is 3.43. The Morgan fingerprint density at radius 1 is 1.11 bits per heavy atom. The SMILES string of the molecule is O=C(CCN1C(=O)NC2(CCCC2)C1=O)Oc1ccc2cc(Br)ccc2c1. The number of esters is 1. The molecule has 0 unspecified atom stereocenters. The standard InChI is InChI=1S/C20H19BrN2O4/c21-15-5-3-14-12-16(6-4-13(14)11-15)27-17(24)7-10-23-18(25)20(22-19(23)26)8-1-2-9-20/h3-6,11-12H,1-2,7-10H2,(H,22,26). The van der Waals surface area contributed by atoms with Crippen molar-refractivity contribution in [2.45, 2.75) is 37.6 Å². The number of urea groups is 1. The molecule has 6 nitrogen and oxygen atoms in total. The number of hydrogen-bond donors (Lipinski definition) is 1. The van der Waals surface area contributed by atoms with Crippen LogP contribution in [0.2, 0.25) is 0 Å². The quantitative estimate of drug-likeness (QED) is 0.455. The molecule has 1 aliphatic carbocycles. The highest BCUT2D eigenvalue weighted by Crippen LogP contribution is 2.35. The number of imide groups is 1. The number of halogens is 1. The van der Waals surface area contributed by atoms with Crippen molar-refractivity contribution in [2.75, 3.05) is 6.54 Å². The normalized spacial score (nSPS) is 18.3. The number of nitrogens with zero attached hydrogens (tertiary/aromatic N) is 1. The van der Waals surface area contributed by atoms with E-state index in [1.54, 1.807) is 12.1 Å². The highest BCUT2D eigenvalue weighted by Gasteiger charge is 2.52. The number of carbonyl (C=O) groups is 3. The van der Waals surface area contributed by atoms with Crippen molar-refractivity contribution in [3.63, 3.8) is 0 Å². The van der Waals surface area contributed by atoms with Crippen LogP contribution in [0.3, 0.4) is 0 Å². The second-order valence-corrected chi connectivity index (χ2v) is 7.97. The smallest absolute Gasteiger partial charge is 0.325 e. The summed E-state index contributed by atoms with van der Waals surface area (Å²) in [5.41, 5.74) is -0.742. The largest absolute Gasteiger partial charge is 0.426 e. The van der Waals surface area contributed by atoms with Gasteiger partial charge in [-0.25, -0.2) is 4.79 Å². The number of ether oxygens (including phenoxy) is 1. The lowest BCUT2D eigenvalue weighted by atomic mass is 9.98. The summed E-state index contributed by atoms with van der Waals surface area (Å²) >= 11 is 3.43. The minimum atomic E-state index is -0.742. The monoisotopic (exact) mass is 430 g/mol. The Balaban J connectivity index is 1.38. The third-order valence-corrected chi connectivity index (χ3v) is 5.74. The lowest BCUT2D eigenvalue weighted by Crippen LogP contribution is -2.44. The van der Waals surface area contributed by atoms with E-state index in [9.17, 15) is 14.4 Å². The van der Waals surface area contributed by atoms with Crippen LogP contribution < -0.4 is 10.1 Å². The van der Waals surface area contributed by atoms with Gasteiger partial charge in [0.25, 0.3) is 5.91 Å². The van der Waals surface area contributed by atoms with Gasteiger partial charge in [-0.2, -0.15) is 0 Å². The van der Waals surface area contributed by atoms with E-state index >= 15 is 0 Å². The summed E-state index contributed by atoms with van der Waals surface area (Å²) in [7, 11) is 0. The Kier molecular flexibility index (Phi) is 4.63. The molecule has 2 aliphatic rings. The van der Waals surface area contributed by atoms with Crippen molar-refractivity contribution in [3.8, 4) is 5.75 Å². The highest BCUT2D eigenvalue weighted by molar-refractivity contribution is 9.10. The van der Waals surface area contributed by atoms with E-state index in [1.165, 1.54) is 0 Å². The van der Waals surface area contributed by atoms with E-state index in [1.807, 2.05) is 24.3 Å². The van der Waals surface area contributed by atoms with Crippen LogP contribution in [0.5, 0.6) is 5.75 Å². The zero-order valence-electron chi connectivity index (χ0n) is 14.7. The van der Waals surface area contributed by atoms with E-state index < -0.39 is 17.5 Å². The maximum atomic E-state index is 12.6. The molecule has 0 atom stereocenters. The summed E-state index contributed by atoms with van der Waals surface area (Å²) in [4.78, 5) is 38.0. The lowest BCUT2D eigenvalue weighted by Gasteiger charge is -2.19. The summed E-state index contributed by atoms with van der Waals surface area (Å²) in [5, 5.41) is 4.80. The molecular weight excluding hydrogens is 412 g/mol. The predicted molar refractivity (Wildman–Crippen MR) is 103 cm³/mol. The van der Waals surface area contributed by atoms with Crippen LogP contribution in [0.4, 0.5) is 4.79 Å². The van der Waals surface area contributed by atoms with Crippen LogP contribution in [0.25, 0.3) is 10.8 Å². The zero-order valence-corrected chi connectivity index (χ0v) is 16.3. The topological polar surface area (TPSA) is 75.7 Å². The lowest BCUT2D eigenvalue weighted by molar-refractivity contribution is -0.135. The van der Waals surface area contributed by atoms with Crippen LogP contribution in [0.1, 0.15) is 32.1 Å². The zero-order chi connectivity index (χ0) is 19.0. The molecule has 0 bridgehead atoms. The molecule has 0 aromatic heterocycles. The fourth-order valence-corrected chi connectivity index (χ4v) is 4.22. The minimum absolute atomic E-state index is 0.0335. The van der Waals surface area contributed by atoms with Crippen LogP contribution >= 0.6 is 15.9 Å². The van der Waals surface area contributed by atoms with Crippen molar-refractivity contribution in [3.05, 3.63) is 40.9 Å². The molecule has 2 aromatic rings. The second kappa shape index (κ2) is 6.96. The van der Waals surface area contributed by atoms with Crippen molar-refractivity contribution in [1.29, 1.82) is 0 Å². The van der Waals surface area contributed by atoms with Gasteiger partial charge in [-0.05, 0) is 47.9 Å². The maximum absolute atomic E-state index is 12.6. The number of hydrogen-bond acceptors (Lipinski definition) is 4. The molecular formula is C20H19BrN2O4. The van der Waals surface area contributed by atoms with Crippen molar-refractivity contribution >= 4 is 44.6 Å². The van der Waals surface area contributed by atoms with Gasteiger partial charge in [0.15, 0.2) is 0 Å². The van der Waals surface area contributed by atoms with E-state index in [0.29, 0.717) is 18.6 Å². The van der Waals surface area contributed by atoms with Crippen LogP contribution in [0.15, 0.2) is 40.9 Å². The molecule has 1 spiro atoms. The molecule has 2 aromatic carbocycles. The highest BCUT2D eigenvalue weighted by atomic mass is 79.9. The molecule has 140 valence electrons. The van der Waals surface area contributed by atoms with E-state index in [-0.39, 0.29) is 18.9 Å². The molecule has 27 heavy (non-hydrogen) atoms. The van der Waals surface area contributed by atoms with Gasteiger partial charge in [0, 0.05) is 11.0 Å². The van der Waals surface area contributed by atoms with Gasteiger partial charge in [-0.3, -0.25) is 14.5 Å². The Morgan fingerprint density at radius 2 is 1.81 bits per heavy atom. The fourth-order valence-electron chi connectivity index (χ4n) is 3.84. The van der Waals surface area contributed by atoms with Crippen molar-refractivity contribution < 1.29 is 19.1 Å². The van der Waals surface area contributed by atoms with Crippen molar-refractivity contribution in [1.82, 2.24) is 10.2 Å². The summed E-state index contributed by atoms with van der Waals surface area (Å²) < 4.78 is 6.36. The van der Waals surface area contributed by atoms with Gasteiger partial charge < -0.3 is 10.1 Å². The van der Waals surface area contributed by atoms with E-state index in [2.05, 4.69) is 21.2 Å². The van der Waals surface area contributed by atoms with Crippen LogP contribution in [-0.4, -0.2) is 34.9 Å². The number of benzene rings is 2. The average molecular weight is 431 g/mol. The number of fused-ring (bicyclic) bond motifs is 1. The molecule has 4 rings (SSSR count). The number of nitrogens with one attached hydrogen (secondary N) is 1. The number of carbonyl (C=O) groups excluding carboxylic acids is 3. The second-order valence-electron chi connectivity index (χ2n) is 7.05. The first-order valence-electron chi connectivity index (χ1n) is 9.01.